The summed E-state index contributed by atoms with van der Waals surface area (Å²) in [6, 6.07) is 3.45. The Morgan fingerprint density at radius 3 is 2.33 bits per heavy atom. The lowest BCUT2D eigenvalue weighted by atomic mass is 10.2. The Balaban J connectivity index is 3.32. The number of nitrogens with zero attached hydrogens (tertiary/aromatic N) is 1. The molecule has 0 bridgehead atoms. The predicted octanol–water partition coefficient (Wildman–Crippen LogP) is 3.93. The van der Waals surface area contributed by atoms with Gasteiger partial charge < -0.3 is 0 Å². The fourth-order valence-corrected chi connectivity index (χ4v) is 5.26. The first-order chi connectivity index (χ1) is 8.34. The van der Waals surface area contributed by atoms with E-state index in [1.165, 1.54) is 4.31 Å². The van der Waals surface area contributed by atoms with Crippen LogP contribution in [0.4, 0.5) is 0 Å². The topological polar surface area (TPSA) is 37.4 Å². The largest absolute Gasteiger partial charge is 0.244 e. The number of sulfonamides is 1. The van der Waals surface area contributed by atoms with Gasteiger partial charge in [-0.2, -0.15) is 4.31 Å². The van der Waals surface area contributed by atoms with E-state index < -0.39 is 10.0 Å². The van der Waals surface area contributed by atoms with Crippen LogP contribution >= 0.6 is 47.8 Å². The third kappa shape index (κ3) is 3.56. The predicted molar refractivity (Wildman–Crippen MR) is 84.8 cm³/mol. The molecule has 0 saturated heterocycles. The molecule has 0 atom stereocenters. The van der Waals surface area contributed by atoms with E-state index in [9.17, 15) is 8.42 Å². The molecule has 0 aromatic heterocycles. The maximum atomic E-state index is 12.5. The third-order valence-electron chi connectivity index (χ3n) is 2.52. The van der Waals surface area contributed by atoms with Gasteiger partial charge in [0.15, 0.2) is 0 Å². The molecule has 3 nitrogen and oxygen atoms in total. The Morgan fingerprint density at radius 1 is 1.22 bits per heavy atom. The van der Waals surface area contributed by atoms with Crippen LogP contribution in [0.5, 0.6) is 0 Å². The van der Waals surface area contributed by atoms with Crippen molar-refractivity contribution >= 4 is 57.8 Å². The van der Waals surface area contributed by atoms with Crippen LogP contribution in [-0.2, 0) is 10.0 Å². The summed E-state index contributed by atoms with van der Waals surface area (Å²) in [6.07, 6.45) is 0. The van der Waals surface area contributed by atoms with Gasteiger partial charge in [-0.25, -0.2) is 8.42 Å². The van der Waals surface area contributed by atoms with E-state index in [2.05, 4.69) is 47.8 Å². The summed E-state index contributed by atoms with van der Waals surface area (Å²) in [5, 5.41) is 0.616. The van der Waals surface area contributed by atoms with Gasteiger partial charge in [-0.1, -0.05) is 38.8 Å². The zero-order valence-electron chi connectivity index (χ0n) is 10.1. The second kappa shape index (κ2) is 6.83. The Bertz CT molecular complexity index is 531. The Morgan fingerprint density at radius 2 is 1.83 bits per heavy atom. The summed E-state index contributed by atoms with van der Waals surface area (Å²) in [7, 11) is -3.46. The molecule has 0 heterocycles. The molecular formula is C11H14Br3NO2S. The van der Waals surface area contributed by atoms with Crippen molar-refractivity contribution in [2.75, 3.05) is 18.4 Å². The molecule has 0 aliphatic heterocycles. The molecule has 1 aromatic carbocycles. The van der Waals surface area contributed by atoms with Gasteiger partial charge in [-0.15, -0.1) is 0 Å². The van der Waals surface area contributed by atoms with Crippen LogP contribution in [0.25, 0.3) is 0 Å². The average molecular weight is 464 g/mol. The lowest BCUT2D eigenvalue weighted by Gasteiger charge is -2.20. The normalized spacial score (nSPS) is 12.1. The van der Waals surface area contributed by atoms with Crippen LogP contribution in [-0.4, -0.2) is 31.1 Å². The molecule has 18 heavy (non-hydrogen) atoms. The molecule has 1 rings (SSSR count). The van der Waals surface area contributed by atoms with Crippen LogP contribution in [0, 0.1) is 6.92 Å². The quantitative estimate of drug-likeness (QED) is 0.620. The van der Waals surface area contributed by atoms with Crippen molar-refractivity contribution in [3.8, 4) is 0 Å². The number of aryl methyl sites for hydroxylation is 1. The SMILES string of the molecule is CCN(CCBr)S(=O)(=O)c1cc(Br)c(C)cc1Br. The molecule has 0 spiro atoms. The van der Waals surface area contributed by atoms with Crippen molar-refractivity contribution in [3.05, 3.63) is 26.6 Å². The summed E-state index contributed by atoms with van der Waals surface area (Å²) >= 11 is 9.97. The van der Waals surface area contributed by atoms with E-state index in [1.807, 2.05) is 13.8 Å². The van der Waals surface area contributed by atoms with Gasteiger partial charge in [0.25, 0.3) is 0 Å². The number of halogens is 3. The van der Waals surface area contributed by atoms with Gasteiger partial charge in [-0.05, 0) is 40.5 Å². The van der Waals surface area contributed by atoms with Gasteiger partial charge in [0.05, 0.1) is 4.90 Å². The maximum absolute atomic E-state index is 12.5. The highest BCUT2D eigenvalue weighted by molar-refractivity contribution is 9.11. The van der Waals surface area contributed by atoms with Crippen LogP contribution in [0.2, 0.25) is 0 Å². The van der Waals surface area contributed by atoms with E-state index in [0.29, 0.717) is 27.8 Å². The van der Waals surface area contributed by atoms with Crippen LogP contribution in [0.1, 0.15) is 12.5 Å². The maximum Gasteiger partial charge on any atom is 0.244 e. The highest BCUT2D eigenvalue weighted by Gasteiger charge is 2.25. The van der Waals surface area contributed by atoms with Gasteiger partial charge in [0.2, 0.25) is 10.0 Å². The molecule has 0 aliphatic carbocycles. The zero-order valence-corrected chi connectivity index (χ0v) is 15.7. The van der Waals surface area contributed by atoms with Crippen molar-refractivity contribution in [1.29, 1.82) is 0 Å². The van der Waals surface area contributed by atoms with E-state index in [1.54, 1.807) is 12.1 Å². The average Bonchev–Trinajstić information content (AvgIpc) is 2.30. The van der Waals surface area contributed by atoms with Crippen molar-refractivity contribution in [3.63, 3.8) is 0 Å². The van der Waals surface area contributed by atoms with Crippen molar-refractivity contribution < 1.29 is 8.42 Å². The smallest absolute Gasteiger partial charge is 0.207 e. The molecule has 0 N–H and O–H groups in total. The zero-order chi connectivity index (χ0) is 13.9. The minimum absolute atomic E-state index is 0.294. The van der Waals surface area contributed by atoms with E-state index in [-0.39, 0.29) is 0 Å². The van der Waals surface area contributed by atoms with E-state index in [0.717, 1.165) is 10.0 Å². The highest BCUT2D eigenvalue weighted by atomic mass is 79.9. The molecule has 102 valence electrons. The van der Waals surface area contributed by atoms with Gasteiger partial charge in [0.1, 0.15) is 0 Å². The summed E-state index contributed by atoms with van der Waals surface area (Å²) in [5.74, 6) is 0. The van der Waals surface area contributed by atoms with Crippen LogP contribution in [0.3, 0.4) is 0 Å². The minimum Gasteiger partial charge on any atom is -0.207 e. The minimum atomic E-state index is -3.46. The molecule has 0 aliphatic rings. The summed E-state index contributed by atoms with van der Waals surface area (Å²) in [6.45, 7) is 4.65. The van der Waals surface area contributed by atoms with Crippen molar-refractivity contribution in [2.45, 2.75) is 18.7 Å². The summed E-state index contributed by atoms with van der Waals surface area (Å²) in [4.78, 5) is 0.294. The number of alkyl halides is 1. The Labute approximate surface area is 133 Å². The summed E-state index contributed by atoms with van der Waals surface area (Å²) in [5.41, 5.74) is 0.990. The molecule has 0 fully saturated rings. The van der Waals surface area contributed by atoms with Gasteiger partial charge in [0, 0.05) is 27.4 Å². The Kier molecular flexibility index (Phi) is 6.31. The molecule has 0 amide bonds. The molecule has 0 saturated carbocycles. The first kappa shape index (κ1) is 16.6. The second-order valence-corrected chi connectivity index (χ2v) is 8.13. The van der Waals surface area contributed by atoms with E-state index in [4.69, 9.17) is 0 Å². The fourth-order valence-electron chi connectivity index (χ4n) is 1.51. The summed E-state index contributed by atoms with van der Waals surface area (Å²) < 4.78 is 27.8. The van der Waals surface area contributed by atoms with Crippen LogP contribution in [0.15, 0.2) is 26.0 Å². The number of hydrogen-bond donors (Lipinski definition) is 0. The first-order valence-corrected chi connectivity index (χ1v) is 9.51. The van der Waals surface area contributed by atoms with E-state index >= 15 is 0 Å². The van der Waals surface area contributed by atoms with Gasteiger partial charge in [-0.3, -0.25) is 0 Å². The van der Waals surface area contributed by atoms with Crippen LogP contribution < -0.4 is 0 Å². The standard InChI is InChI=1S/C11H14Br3NO2S/c1-3-15(5-4-12)18(16,17)11-7-9(13)8(2)6-10(11)14/h6-7H,3-5H2,1-2H3. The molecule has 0 unspecified atom stereocenters. The van der Waals surface area contributed by atoms with Crippen molar-refractivity contribution in [1.82, 2.24) is 4.31 Å². The monoisotopic (exact) mass is 461 g/mol. The lowest BCUT2D eigenvalue weighted by Crippen LogP contribution is -2.32. The second-order valence-electron chi connectivity index (χ2n) is 3.72. The first-order valence-electron chi connectivity index (χ1n) is 5.36. The fraction of sp³-hybridized carbons (Fsp3) is 0.455. The third-order valence-corrected chi connectivity index (χ3v) is 6.66. The lowest BCUT2D eigenvalue weighted by molar-refractivity contribution is 0.448. The molecule has 1 aromatic rings. The number of benzene rings is 1. The number of hydrogen-bond acceptors (Lipinski definition) is 2. The molecule has 7 heteroatoms. The van der Waals surface area contributed by atoms with Crippen molar-refractivity contribution in [2.24, 2.45) is 0 Å². The number of rotatable bonds is 5. The van der Waals surface area contributed by atoms with Gasteiger partial charge >= 0.3 is 0 Å². The Hall–Kier alpha value is 0.570. The molecular weight excluding hydrogens is 450 g/mol. The highest BCUT2D eigenvalue weighted by Crippen LogP contribution is 2.30. The molecule has 0 radical (unpaired) electrons.